The number of H-pyrrole nitrogens is 1. The number of nitrogens with zero attached hydrogens (tertiary/aromatic N) is 1. The fourth-order valence-corrected chi connectivity index (χ4v) is 2.54. The molecule has 0 spiro atoms. The summed E-state index contributed by atoms with van der Waals surface area (Å²) in [6.45, 7) is 2.06. The van der Waals surface area contributed by atoms with E-state index in [-0.39, 0.29) is 0 Å². The normalized spacial score (nSPS) is 19.3. The lowest BCUT2D eigenvalue weighted by Gasteiger charge is -2.04. The van der Waals surface area contributed by atoms with Crippen LogP contribution in [0.15, 0.2) is 24.4 Å². The van der Waals surface area contributed by atoms with Crippen LogP contribution in [0.25, 0.3) is 11.3 Å². The number of rotatable bonds is 2. The highest BCUT2D eigenvalue weighted by atomic mass is 35.5. The van der Waals surface area contributed by atoms with Gasteiger partial charge in [0.15, 0.2) is 0 Å². The lowest BCUT2D eigenvalue weighted by Crippen LogP contribution is -2.08. The van der Waals surface area contributed by atoms with Gasteiger partial charge in [0.25, 0.3) is 0 Å². The summed E-state index contributed by atoms with van der Waals surface area (Å²) in [6, 6.07) is 5.60. The van der Waals surface area contributed by atoms with Crippen LogP contribution < -0.4 is 5.32 Å². The monoisotopic (exact) mass is 281 g/mol. The second kappa shape index (κ2) is 4.92. The van der Waals surface area contributed by atoms with Gasteiger partial charge in [0.2, 0.25) is 0 Å². The van der Waals surface area contributed by atoms with Crippen LogP contribution in [0.3, 0.4) is 0 Å². The Morgan fingerprint density at radius 2 is 2.11 bits per heavy atom. The Kier molecular flexibility index (Phi) is 3.29. The highest BCUT2D eigenvalue weighted by molar-refractivity contribution is 6.42. The summed E-state index contributed by atoms with van der Waals surface area (Å²) in [5.74, 6) is 1.53. The molecule has 2 heterocycles. The number of aromatic nitrogens is 2. The van der Waals surface area contributed by atoms with E-state index in [9.17, 15) is 0 Å². The van der Waals surface area contributed by atoms with Gasteiger partial charge in [0, 0.05) is 18.0 Å². The lowest BCUT2D eigenvalue weighted by atomic mass is 10.1. The molecule has 1 saturated heterocycles. The van der Waals surface area contributed by atoms with Crippen molar-refractivity contribution in [1.29, 1.82) is 0 Å². The molecule has 1 aromatic heterocycles. The Morgan fingerprint density at radius 1 is 1.22 bits per heavy atom. The van der Waals surface area contributed by atoms with Gasteiger partial charge in [0.1, 0.15) is 5.82 Å². The first kappa shape index (κ1) is 12.0. The fraction of sp³-hybridized carbons (Fsp3) is 0.308. The SMILES string of the molecule is Clc1ccc(-c2cnc(C3CCNC3)[nH]2)cc1Cl. The zero-order chi connectivity index (χ0) is 12.5. The molecule has 18 heavy (non-hydrogen) atoms. The van der Waals surface area contributed by atoms with Crippen LogP contribution in [0.2, 0.25) is 10.0 Å². The average Bonchev–Trinajstić information content (AvgIpc) is 3.01. The molecule has 3 rings (SSSR count). The zero-order valence-electron chi connectivity index (χ0n) is 9.71. The Hall–Kier alpha value is -1.03. The molecule has 1 aliphatic rings. The van der Waals surface area contributed by atoms with E-state index in [1.165, 1.54) is 0 Å². The topological polar surface area (TPSA) is 40.7 Å². The molecule has 0 amide bonds. The average molecular weight is 282 g/mol. The van der Waals surface area contributed by atoms with E-state index in [4.69, 9.17) is 23.2 Å². The van der Waals surface area contributed by atoms with E-state index in [1.54, 1.807) is 6.07 Å². The summed E-state index contributed by atoms with van der Waals surface area (Å²) in [4.78, 5) is 7.82. The number of imidazole rings is 1. The van der Waals surface area contributed by atoms with Crippen molar-refractivity contribution in [2.75, 3.05) is 13.1 Å². The molecule has 2 N–H and O–H groups in total. The first-order chi connectivity index (χ1) is 8.74. The first-order valence-electron chi connectivity index (χ1n) is 5.95. The molecular weight excluding hydrogens is 269 g/mol. The van der Waals surface area contributed by atoms with Gasteiger partial charge in [-0.2, -0.15) is 0 Å². The molecule has 1 fully saturated rings. The molecule has 0 bridgehead atoms. The van der Waals surface area contributed by atoms with E-state index in [1.807, 2.05) is 18.3 Å². The van der Waals surface area contributed by atoms with Gasteiger partial charge in [-0.1, -0.05) is 29.3 Å². The summed E-state index contributed by atoms with van der Waals surface area (Å²) in [5, 5.41) is 4.47. The highest BCUT2D eigenvalue weighted by Crippen LogP contribution is 2.29. The minimum Gasteiger partial charge on any atom is -0.342 e. The quantitative estimate of drug-likeness (QED) is 0.885. The smallest absolute Gasteiger partial charge is 0.110 e. The molecule has 2 aromatic rings. The van der Waals surface area contributed by atoms with Crippen molar-refractivity contribution in [2.45, 2.75) is 12.3 Å². The Balaban J connectivity index is 1.89. The minimum atomic E-state index is 0.488. The molecule has 1 aromatic carbocycles. The van der Waals surface area contributed by atoms with Crippen LogP contribution in [-0.2, 0) is 0 Å². The van der Waals surface area contributed by atoms with Gasteiger partial charge in [0.05, 0.1) is 21.9 Å². The number of benzene rings is 1. The van der Waals surface area contributed by atoms with Gasteiger partial charge in [-0.3, -0.25) is 0 Å². The second-order valence-electron chi connectivity index (χ2n) is 4.50. The molecule has 1 aliphatic heterocycles. The molecule has 94 valence electrons. The van der Waals surface area contributed by atoms with Crippen LogP contribution in [0, 0.1) is 0 Å². The molecule has 0 radical (unpaired) electrons. The van der Waals surface area contributed by atoms with Gasteiger partial charge in [-0.25, -0.2) is 4.98 Å². The second-order valence-corrected chi connectivity index (χ2v) is 5.32. The zero-order valence-corrected chi connectivity index (χ0v) is 11.2. The Morgan fingerprint density at radius 3 is 2.83 bits per heavy atom. The third kappa shape index (κ3) is 2.26. The van der Waals surface area contributed by atoms with Crippen molar-refractivity contribution in [2.24, 2.45) is 0 Å². The van der Waals surface area contributed by atoms with Crippen molar-refractivity contribution in [1.82, 2.24) is 15.3 Å². The van der Waals surface area contributed by atoms with Crippen LogP contribution in [0.5, 0.6) is 0 Å². The maximum Gasteiger partial charge on any atom is 0.110 e. The van der Waals surface area contributed by atoms with Crippen molar-refractivity contribution in [3.8, 4) is 11.3 Å². The summed E-state index contributed by atoms with van der Waals surface area (Å²) in [5.41, 5.74) is 1.99. The largest absolute Gasteiger partial charge is 0.342 e. The minimum absolute atomic E-state index is 0.488. The third-order valence-corrected chi connectivity index (χ3v) is 4.01. The summed E-state index contributed by atoms with van der Waals surface area (Å²) < 4.78 is 0. The van der Waals surface area contributed by atoms with E-state index in [0.29, 0.717) is 16.0 Å². The number of nitrogens with one attached hydrogen (secondary N) is 2. The molecular formula is C13H13Cl2N3. The van der Waals surface area contributed by atoms with E-state index < -0.39 is 0 Å². The van der Waals surface area contributed by atoms with E-state index in [0.717, 1.165) is 36.6 Å². The van der Waals surface area contributed by atoms with Gasteiger partial charge >= 0.3 is 0 Å². The van der Waals surface area contributed by atoms with Gasteiger partial charge < -0.3 is 10.3 Å². The number of hydrogen-bond acceptors (Lipinski definition) is 2. The van der Waals surface area contributed by atoms with Crippen molar-refractivity contribution in [3.05, 3.63) is 40.3 Å². The molecule has 0 aliphatic carbocycles. The maximum absolute atomic E-state index is 6.02. The Bertz CT molecular complexity index is 559. The van der Waals surface area contributed by atoms with E-state index >= 15 is 0 Å². The fourth-order valence-electron chi connectivity index (χ4n) is 2.24. The van der Waals surface area contributed by atoms with Crippen LogP contribution in [0.4, 0.5) is 0 Å². The predicted molar refractivity (Wildman–Crippen MR) is 74.3 cm³/mol. The third-order valence-electron chi connectivity index (χ3n) is 3.27. The molecule has 1 atom stereocenters. The summed E-state index contributed by atoms with van der Waals surface area (Å²) in [6.07, 6.45) is 2.99. The van der Waals surface area contributed by atoms with Gasteiger partial charge in [-0.05, 0) is 25.1 Å². The molecule has 3 nitrogen and oxygen atoms in total. The predicted octanol–water partition coefficient (Wildman–Crippen LogP) is 3.46. The van der Waals surface area contributed by atoms with Crippen LogP contribution in [0.1, 0.15) is 18.2 Å². The van der Waals surface area contributed by atoms with Crippen molar-refractivity contribution in [3.63, 3.8) is 0 Å². The number of halogens is 2. The first-order valence-corrected chi connectivity index (χ1v) is 6.70. The molecule has 5 heteroatoms. The van der Waals surface area contributed by atoms with Crippen molar-refractivity contribution < 1.29 is 0 Å². The van der Waals surface area contributed by atoms with Crippen molar-refractivity contribution >= 4 is 23.2 Å². The summed E-state index contributed by atoms with van der Waals surface area (Å²) >= 11 is 11.9. The summed E-state index contributed by atoms with van der Waals surface area (Å²) in [7, 11) is 0. The maximum atomic E-state index is 6.02. The number of hydrogen-bond donors (Lipinski definition) is 2. The Labute approximate surface area is 116 Å². The molecule has 1 unspecified atom stereocenters. The highest BCUT2D eigenvalue weighted by Gasteiger charge is 2.19. The molecule has 0 saturated carbocycles. The van der Waals surface area contributed by atoms with Crippen LogP contribution in [-0.4, -0.2) is 23.1 Å². The van der Waals surface area contributed by atoms with Crippen LogP contribution >= 0.6 is 23.2 Å². The lowest BCUT2D eigenvalue weighted by molar-refractivity contribution is 0.715. The standard InChI is InChI=1S/C13H13Cl2N3/c14-10-2-1-8(5-11(10)15)12-7-17-13(18-12)9-3-4-16-6-9/h1-2,5,7,9,16H,3-4,6H2,(H,17,18). The number of aromatic amines is 1. The van der Waals surface area contributed by atoms with E-state index in [2.05, 4.69) is 15.3 Å². The van der Waals surface area contributed by atoms with Gasteiger partial charge in [-0.15, -0.1) is 0 Å².